The number of halogens is 1. The second-order valence-corrected chi connectivity index (χ2v) is 10.5. The summed E-state index contributed by atoms with van der Waals surface area (Å²) in [6.07, 6.45) is 0.292. The summed E-state index contributed by atoms with van der Waals surface area (Å²) >= 11 is 2.12. The topological polar surface area (TPSA) is 94.1 Å². The van der Waals surface area contributed by atoms with E-state index in [-0.39, 0.29) is 24.5 Å². The minimum absolute atomic E-state index is 0.208. The predicted molar refractivity (Wildman–Crippen MR) is 125 cm³/mol. The van der Waals surface area contributed by atoms with Crippen LogP contribution in [0.1, 0.15) is 54.4 Å². The molecule has 2 heterocycles. The van der Waals surface area contributed by atoms with E-state index < -0.39 is 11.2 Å². The fourth-order valence-corrected chi connectivity index (χ4v) is 3.67. The van der Waals surface area contributed by atoms with Gasteiger partial charge >= 0.3 is 18.1 Å². The Morgan fingerprint density at radius 2 is 1.74 bits per heavy atom. The number of aromatic nitrogens is 2. The predicted octanol–water partition coefficient (Wildman–Crippen LogP) is 3.64. The number of amides is 1. The molecule has 0 bridgehead atoms. The summed E-state index contributed by atoms with van der Waals surface area (Å²) in [6, 6.07) is 1.94. The molecule has 0 saturated carbocycles. The molecule has 1 atom stereocenters. The lowest BCUT2D eigenvalue weighted by molar-refractivity contribution is -0.155. The number of anilines is 1. The van der Waals surface area contributed by atoms with Gasteiger partial charge in [-0.05, 0) is 70.6 Å². The van der Waals surface area contributed by atoms with Crippen LogP contribution < -0.4 is 9.64 Å². The zero-order chi connectivity index (χ0) is 23.4. The molecule has 10 heteroatoms. The van der Waals surface area contributed by atoms with Gasteiger partial charge in [-0.3, -0.25) is 4.79 Å². The van der Waals surface area contributed by atoms with Gasteiger partial charge in [0.25, 0.3) is 0 Å². The molecule has 1 unspecified atom stereocenters. The van der Waals surface area contributed by atoms with Crippen molar-refractivity contribution >= 4 is 40.5 Å². The van der Waals surface area contributed by atoms with E-state index in [1.165, 1.54) is 7.11 Å². The van der Waals surface area contributed by atoms with Crippen molar-refractivity contribution in [2.24, 2.45) is 0 Å². The van der Waals surface area contributed by atoms with E-state index in [1.807, 2.05) is 47.6 Å². The van der Waals surface area contributed by atoms with Crippen molar-refractivity contribution in [1.82, 2.24) is 14.9 Å². The number of piperazine rings is 1. The molecule has 1 fully saturated rings. The molecule has 1 amide bonds. The number of esters is 1. The highest BCUT2D eigenvalue weighted by molar-refractivity contribution is 14.1. The lowest BCUT2D eigenvalue weighted by atomic mass is 10.1. The maximum Gasteiger partial charge on any atom is 0.410 e. The Morgan fingerprint density at radius 3 is 2.32 bits per heavy atom. The van der Waals surface area contributed by atoms with Crippen LogP contribution in [0, 0.1) is 3.70 Å². The van der Waals surface area contributed by atoms with Gasteiger partial charge in [-0.2, -0.15) is 9.97 Å². The van der Waals surface area contributed by atoms with Gasteiger partial charge in [0, 0.05) is 32.1 Å². The molecule has 174 valence electrons. The first kappa shape index (κ1) is 25.4. The molecule has 0 spiro atoms. The van der Waals surface area contributed by atoms with E-state index in [0.29, 0.717) is 32.1 Å². The molecule has 9 nitrogen and oxygen atoms in total. The van der Waals surface area contributed by atoms with Crippen LogP contribution in [-0.4, -0.2) is 70.9 Å². The van der Waals surface area contributed by atoms with Gasteiger partial charge < -0.3 is 24.0 Å². The molecule has 0 N–H and O–H groups in total. The lowest BCUT2D eigenvalue weighted by Crippen LogP contribution is -2.56. The fraction of sp³-hybridized carbons (Fsp3) is 0.714. The molecule has 1 aromatic rings. The highest BCUT2D eigenvalue weighted by Crippen LogP contribution is 2.25. The minimum atomic E-state index is -0.597. The highest BCUT2D eigenvalue weighted by atomic mass is 127. The van der Waals surface area contributed by atoms with E-state index in [0.717, 1.165) is 9.52 Å². The quantitative estimate of drug-likeness (QED) is 0.313. The molecule has 1 aromatic heterocycles. The summed E-state index contributed by atoms with van der Waals surface area (Å²) in [7, 11) is 1.53. The Balaban J connectivity index is 2.18. The van der Waals surface area contributed by atoms with E-state index in [1.54, 1.807) is 4.90 Å². The minimum Gasteiger partial charge on any atom is -0.467 e. The number of ether oxygens (including phenoxy) is 3. The first-order chi connectivity index (χ1) is 14.3. The number of rotatable bonds is 5. The molecule has 1 saturated heterocycles. The Labute approximate surface area is 198 Å². The van der Waals surface area contributed by atoms with E-state index in [9.17, 15) is 9.59 Å². The maximum atomic E-state index is 12.8. The molecule has 0 aliphatic carbocycles. The fourth-order valence-electron chi connectivity index (χ4n) is 3.19. The second kappa shape index (κ2) is 10.2. The summed E-state index contributed by atoms with van der Waals surface area (Å²) in [5.41, 5.74) is -1.14. The Kier molecular flexibility index (Phi) is 8.34. The summed E-state index contributed by atoms with van der Waals surface area (Å²) in [6.45, 7) is 12.6. The van der Waals surface area contributed by atoms with Crippen LogP contribution in [0.4, 0.5) is 10.6 Å². The van der Waals surface area contributed by atoms with Crippen molar-refractivity contribution in [2.75, 3.05) is 31.6 Å². The van der Waals surface area contributed by atoms with Crippen LogP contribution in [0.15, 0.2) is 6.07 Å². The Hall–Kier alpha value is -1.85. The van der Waals surface area contributed by atoms with Gasteiger partial charge in [0.15, 0.2) is 0 Å². The first-order valence-corrected chi connectivity index (χ1v) is 11.4. The van der Waals surface area contributed by atoms with Crippen molar-refractivity contribution in [3.8, 4) is 6.01 Å². The van der Waals surface area contributed by atoms with Gasteiger partial charge in [0.1, 0.15) is 20.7 Å². The van der Waals surface area contributed by atoms with Crippen LogP contribution in [0.25, 0.3) is 0 Å². The van der Waals surface area contributed by atoms with Crippen LogP contribution in [0.2, 0.25) is 0 Å². The number of methoxy groups -OCH3 is 1. The summed E-state index contributed by atoms with van der Waals surface area (Å²) in [4.78, 5) is 37.5. The van der Waals surface area contributed by atoms with E-state index >= 15 is 0 Å². The average molecular weight is 548 g/mol. The monoisotopic (exact) mass is 548 g/mol. The van der Waals surface area contributed by atoms with Crippen LogP contribution in [-0.2, 0) is 14.3 Å². The zero-order valence-electron chi connectivity index (χ0n) is 19.4. The van der Waals surface area contributed by atoms with E-state index in [2.05, 4.69) is 37.5 Å². The van der Waals surface area contributed by atoms with Crippen molar-refractivity contribution < 1.29 is 23.8 Å². The smallest absolute Gasteiger partial charge is 0.410 e. The Bertz CT molecular complexity index is 791. The normalized spacial score (nSPS) is 17.4. The second-order valence-electron chi connectivity index (χ2n) is 9.43. The molecule has 0 radical (unpaired) electrons. The van der Waals surface area contributed by atoms with Gasteiger partial charge in [0.2, 0.25) is 0 Å². The van der Waals surface area contributed by atoms with Gasteiger partial charge in [-0.1, -0.05) is 0 Å². The standard InChI is InChI=1S/C21H33IN4O5/c1-20(2,3)30-17(27)9-8-14-13-25(16-12-15(22)23-18(24-16)29-7)10-11-26(14)19(28)31-21(4,5)6/h12,14H,8-11,13H2,1-7H3. The van der Waals surface area contributed by atoms with Crippen LogP contribution in [0.5, 0.6) is 6.01 Å². The third-order valence-electron chi connectivity index (χ3n) is 4.38. The molecular formula is C21H33IN4O5. The van der Waals surface area contributed by atoms with Crippen LogP contribution in [0.3, 0.4) is 0 Å². The van der Waals surface area contributed by atoms with Gasteiger partial charge in [-0.15, -0.1) is 0 Å². The largest absolute Gasteiger partial charge is 0.467 e. The first-order valence-electron chi connectivity index (χ1n) is 10.3. The summed E-state index contributed by atoms with van der Waals surface area (Å²) < 4.78 is 17.0. The average Bonchev–Trinajstić information content (AvgIpc) is 2.62. The number of nitrogens with zero attached hydrogens (tertiary/aromatic N) is 4. The maximum absolute atomic E-state index is 12.8. The Morgan fingerprint density at radius 1 is 1.10 bits per heavy atom. The summed E-state index contributed by atoms with van der Waals surface area (Å²) in [5.74, 6) is 0.439. The number of carbonyl (C=O) groups is 2. The van der Waals surface area contributed by atoms with Crippen molar-refractivity contribution in [3.05, 3.63) is 9.77 Å². The molecule has 2 rings (SSSR count). The van der Waals surface area contributed by atoms with E-state index in [4.69, 9.17) is 14.2 Å². The third-order valence-corrected chi connectivity index (χ3v) is 4.93. The molecular weight excluding hydrogens is 515 g/mol. The van der Waals surface area contributed by atoms with Gasteiger partial charge in [-0.25, -0.2) is 4.79 Å². The third kappa shape index (κ3) is 8.30. The number of carbonyl (C=O) groups excluding carboxylic acids is 2. The van der Waals surface area contributed by atoms with Crippen molar-refractivity contribution in [1.29, 1.82) is 0 Å². The van der Waals surface area contributed by atoms with Crippen LogP contribution >= 0.6 is 22.6 Å². The lowest BCUT2D eigenvalue weighted by Gasteiger charge is -2.42. The van der Waals surface area contributed by atoms with Crippen molar-refractivity contribution in [3.63, 3.8) is 0 Å². The zero-order valence-corrected chi connectivity index (χ0v) is 21.6. The molecule has 1 aliphatic rings. The highest BCUT2D eigenvalue weighted by Gasteiger charge is 2.34. The summed E-state index contributed by atoms with van der Waals surface area (Å²) in [5, 5.41) is 0. The number of hydrogen-bond donors (Lipinski definition) is 0. The molecule has 0 aromatic carbocycles. The van der Waals surface area contributed by atoms with Crippen molar-refractivity contribution in [2.45, 2.75) is 71.6 Å². The molecule has 1 aliphatic heterocycles. The van der Waals surface area contributed by atoms with Gasteiger partial charge in [0.05, 0.1) is 13.2 Å². The molecule has 31 heavy (non-hydrogen) atoms. The SMILES string of the molecule is COc1nc(I)cc(N2CCN(C(=O)OC(C)(C)C)C(CCC(=O)OC(C)(C)C)C2)n1. The number of hydrogen-bond acceptors (Lipinski definition) is 8.